The fourth-order valence-corrected chi connectivity index (χ4v) is 4.10. The summed E-state index contributed by atoms with van der Waals surface area (Å²) in [6.07, 6.45) is -0.222. The number of aromatic nitrogens is 2. The molecule has 1 amide bonds. The maximum absolute atomic E-state index is 12.8. The normalized spacial score (nSPS) is 16.1. The van der Waals surface area contributed by atoms with Gasteiger partial charge in [-0.1, -0.05) is 23.9 Å². The van der Waals surface area contributed by atoms with Crippen LogP contribution in [0.5, 0.6) is 23.0 Å². The number of nitrogens with zero attached hydrogens (tertiary/aromatic N) is 3. The molecule has 0 saturated carbocycles. The van der Waals surface area contributed by atoms with Gasteiger partial charge in [0.05, 0.1) is 12.3 Å². The van der Waals surface area contributed by atoms with Gasteiger partial charge in [-0.25, -0.2) is 0 Å². The molecule has 0 N–H and O–H groups in total. The molecule has 3 aromatic rings. The van der Waals surface area contributed by atoms with Crippen LogP contribution in [0.1, 0.15) is 6.92 Å². The molecule has 0 saturated heterocycles. The average molecular weight is 455 g/mol. The number of hydrogen-bond donors (Lipinski definition) is 0. The molecular formula is C22H21N3O6S. The number of thioether (sulfide) groups is 1. The van der Waals surface area contributed by atoms with E-state index in [0.29, 0.717) is 48.1 Å². The molecule has 0 spiro atoms. The number of carbonyl (C=O) groups excluding carboxylic acids is 1. The van der Waals surface area contributed by atoms with Gasteiger partial charge in [-0.15, -0.1) is 10.2 Å². The molecule has 2 aromatic carbocycles. The van der Waals surface area contributed by atoms with Crippen molar-refractivity contribution in [2.45, 2.75) is 18.3 Å². The molecule has 9 nitrogen and oxygen atoms in total. The second kappa shape index (κ2) is 8.99. The Hall–Kier alpha value is -3.40. The van der Waals surface area contributed by atoms with Crippen LogP contribution in [-0.2, 0) is 4.79 Å². The van der Waals surface area contributed by atoms with Crippen LogP contribution in [0.4, 0.5) is 0 Å². The molecule has 2 aliphatic rings. The number of amides is 1. The summed E-state index contributed by atoms with van der Waals surface area (Å²) in [5.41, 5.74) is 0.727. The molecule has 0 radical (unpaired) electrons. The van der Waals surface area contributed by atoms with Gasteiger partial charge in [-0.3, -0.25) is 4.79 Å². The largest absolute Gasteiger partial charge is 0.486 e. The standard InChI is InChI=1S/C22H21N3O6S/c1-2-25(10-15-11-27-16-5-3-4-6-18(16)30-15)20(26)12-32-22-24-23-21(31-22)14-7-8-17-19(9-14)29-13-28-17/h3-9,15H,2,10-13H2,1H3/t15-/m0/s1. The zero-order valence-electron chi connectivity index (χ0n) is 17.4. The van der Waals surface area contributed by atoms with Gasteiger partial charge < -0.3 is 28.3 Å². The van der Waals surface area contributed by atoms with Crippen LogP contribution >= 0.6 is 11.8 Å². The fraction of sp³-hybridized carbons (Fsp3) is 0.318. The molecule has 1 atom stereocenters. The van der Waals surface area contributed by atoms with Crippen molar-refractivity contribution in [1.29, 1.82) is 0 Å². The van der Waals surface area contributed by atoms with Crippen LogP contribution in [-0.4, -0.2) is 59.4 Å². The summed E-state index contributed by atoms with van der Waals surface area (Å²) >= 11 is 1.20. The maximum Gasteiger partial charge on any atom is 0.277 e. The highest BCUT2D eigenvalue weighted by Gasteiger charge is 2.25. The van der Waals surface area contributed by atoms with E-state index in [4.69, 9.17) is 23.4 Å². The van der Waals surface area contributed by atoms with Gasteiger partial charge in [0.25, 0.3) is 5.22 Å². The van der Waals surface area contributed by atoms with E-state index in [-0.39, 0.29) is 24.6 Å². The topological polar surface area (TPSA) is 96.2 Å². The Morgan fingerprint density at radius 3 is 2.75 bits per heavy atom. The molecule has 10 heteroatoms. The minimum atomic E-state index is -0.222. The molecule has 0 bridgehead atoms. The summed E-state index contributed by atoms with van der Waals surface area (Å²) in [5.74, 6) is 3.25. The van der Waals surface area contributed by atoms with Crippen molar-refractivity contribution in [2.75, 3.05) is 32.2 Å². The first-order chi connectivity index (χ1) is 15.7. The van der Waals surface area contributed by atoms with Crippen molar-refractivity contribution in [3.63, 3.8) is 0 Å². The van der Waals surface area contributed by atoms with Crippen molar-refractivity contribution < 1.29 is 28.2 Å². The Balaban J connectivity index is 1.16. The van der Waals surface area contributed by atoms with Gasteiger partial charge in [0, 0.05) is 12.1 Å². The van der Waals surface area contributed by atoms with E-state index in [1.165, 1.54) is 11.8 Å². The van der Waals surface area contributed by atoms with Gasteiger partial charge in [-0.05, 0) is 37.3 Å². The first-order valence-corrected chi connectivity index (χ1v) is 11.2. The van der Waals surface area contributed by atoms with E-state index in [1.54, 1.807) is 17.0 Å². The summed E-state index contributed by atoms with van der Waals surface area (Å²) < 4.78 is 28.1. The number of carbonyl (C=O) groups is 1. The number of para-hydroxylation sites is 2. The zero-order valence-corrected chi connectivity index (χ0v) is 18.2. The fourth-order valence-electron chi connectivity index (χ4n) is 3.44. The Morgan fingerprint density at radius 1 is 1.06 bits per heavy atom. The minimum Gasteiger partial charge on any atom is -0.486 e. The van der Waals surface area contributed by atoms with E-state index in [9.17, 15) is 4.79 Å². The highest BCUT2D eigenvalue weighted by Crippen LogP contribution is 2.36. The predicted octanol–water partition coefficient (Wildman–Crippen LogP) is 3.25. The summed E-state index contributed by atoms with van der Waals surface area (Å²) in [6, 6.07) is 12.9. The zero-order chi connectivity index (χ0) is 21.9. The van der Waals surface area contributed by atoms with Gasteiger partial charge in [0.15, 0.2) is 29.1 Å². The summed E-state index contributed by atoms with van der Waals surface area (Å²) in [5, 5.41) is 8.44. The number of fused-ring (bicyclic) bond motifs is 2. The number of likely N-dealkylation sites (N-methyl/N-ethyl adjacent to an activating group) is 1. The quantitative estimate of drug-likeness (QED) is 0.497. The monoisotopic (exact) mass is 455 g/mol. The average Bonchev–Trinajstić information content (AvgIpc) is 3.50. The molecule has 32 heavy (non-hydrogen) atoms. The Morgan fingerprint density at radius 2 is 1.88 bits per heavy atom. The van der Waals surface area contributed by atoms with Gasteiger partial charge >= 0.3 is 0 Å². The van der Waals surface area contributed by atoms with Crippen molar-refractivity contribution in [2.24, 2.45) is 0 Å². The molecule has 166 valence electrons. The summed E-state index contributed by atoms with van der Waals surface area (Å²) in [7, 11) is 0. The third-order valence-corrected chi connectivity index (χ3v) is 5.87. The third-order valence-electron chi connectivity index (χ3n) is 5.07. The van der Waals surface area contributed by atoms with E-state index in [1.807, 2.05) is 37.3 Å². The van der Waals surface area contributed by atoms with E-state index < -0.39 is 0 Å². The van der Waals surface area contributed by atoms with Crippen molar-refractivity contribution in [3.05, 3.63) is 42.5 Å². The van der Waals surface area contributed by atoms with Crippen LogP contribution in [0.3, 0.4) is 0 Å². The van der Waals surface area contributed by atoms with E-state index >= 15 is 0 Å². The van der Waals surface area contributed by atoms with Crippen molar-refractivity contribution in [3.8, 4) is 34.5 Å². The van der Waals surface area contributed by atoms with E-state index in [2.05, 4.69) is 10.2 Å². The molecule has 1 aromatic heterocycles. The molecule has 0 fully saturated rings. The smallest absolute Gasteiger partial charge is 0.277 e. The van der Waals surface area contributed by atoms with Crippen LogP contribution in [0, 0.1) is 0 Å². The van der Waals surface area contributed by atoms with Crippen molar-refractivity contribution in [1.82, 2.24) is 15.1 Å². The van der Waals surface area contributed by atoms with Crippen LogP contribution < -0.4 is 18.9 Å². The lowest BCUT2D eigenvalue weighted by atomic mass is 10.2. The highest BCUT2D eigenvalue weighted by molar-refractivity contribution is 7.99. The summed E-state index contributed by atoms with van der Waals surface area (Å²) in [4.78, 5) is 14.5. The lowest BCUT2D eigenvalue weighted by Gasteiger charge is -2.30. The van der Waals surface area contributed by atoms with Crippen LogP contribution in [0.15, 0.2) is 52.1 Å². The minimum absolute atomic E-state index is 0.0391. The second-order valence-corrected chi connectivity index (χ2v) is 8.09. The first-order valence-electron chi connectivity index (χ1n) is 10.2. The molecular weight excluding hydrogens is 434 g/mol. The van der Waals surface area contributed by atoms with Gasteiger partial charge in [0.1, 0.15) is 6.61 Å². The molecule has 0 aliphatic carbocycles. The number of benzene rings is 2. The highest BCUT2D eigenvalue weighted by atomic mass is 32.2. The molecule has 3 heterocycles. The maximum atomic E-state index is 12.8. The van der Waals surface area contributed by atoms with Crippen LogP contribution in [0.25, 0.3) is 11.5 Å². The molecule has 2 aliphatic heterocycles. The van der Waals surface area contributed by atoms with E-state index in [0.717, 1.165) is 11.3 Å². The number of rotatable bonds is 7. The number of ether oxygens (including phenoxy) is 4. The van der Waals surface area contributed by atoms with Crippen LogP contribution in [0.2, 0.25) is 0 Å². The predicted molar refractivity (Wildman–Crippen MR) is 115 cm³/mol. The van der Waals surface area contributed by atoms with Gasteiger partial charge in [0.2, 0.25) is 18.6 Å². The Bertz CT molecular complexity index is 1120. The third kappa shape index (κ3) is 4.31. The lowest BCUT2D eigenvalue weighted by molar-refractivity contribution is -0.129. The second-order valence-electron chi connectivity index (χ2n) is 7.16. The SMILES string of the molecule is CCN(C[C@H]1COc2ccccc2O1)C(=O)CSc1nnc(-c2ccc3c(c2)OCO3)o1. The Kier molecular flexibility index (Phi) is 5.76. The Labute approximate surface area is 188 Å². The lowest BCUT2D eigenvalue weighted by Crippen LogP contribution is -2.44. The molecule has 5 rings (SSSR count). The van der Waals surface area contributed by atoms with Crippen molar-refractivity contribution >= 4 is 17.7 Å². The van der Waals surface area contributed by atoms with Gasteiger partial charge in [-0.2, -0.15) is 0 Å². The summed E-state index contributed by atoms with van der Waals surface area (Å²) in [6.45, 7) is 3.54. The molecule has 0 unspecified atom stereocenters. The first kappa shape index (κ1) is 20.5. The number of hydrogen-bond acceptors (Lipinski definition) is 9.